The molecular formula is C21H26N4O. The van der Waals surface area contributed by atoms with E-state index < -0.39 is 0 Å². The van der Waals surface area contributed by atoms with Crippen LogP contribution in [0.3, 0.4) is 0 Å². The van der Waals surface area contributed by atoms with Crippen molar-refractivity contribution in [2.75, 3.05) is 0 Å². The number of para-hydroxylation sites is 1. The third kappa shape index (κ3) is 3.93. The van der Waals surface area contributed by atoms with Crippen molar-refractivity contribution in [3.63, 3.8) is 0 Å². The van der Waals surface area contributed by atoms with E-state index >= 15 is 0 Å². The summed E-state index contributed by atoms with van der Waals surface area (Å²) in [7, 11) is 0. The summed E-state index contributed by atoms with van der Waals surface area (Å²) in [6.07, 6.45) is 7.05. The number of benzene rings is 1. The lowest BCUT2D eigenvalue weighted by Crippen LogP contribution is -2.37. The number of fused-ring (bicyclic) bond motifs is 1. The summed E-state index contributed by atoms with van der Waals surface area (Å²) in [5, 5.41) is 5.45. The highest BCUT2D eigenvalue weighted by molar-refractivity contribution is 5.78. The van der Waals surface area contributed by atoms with Crippen molar-refractivity contribution < 1.29 is 4.74 Å². The van der Waals surface area contributed by atoms with Gasteiger partial charge >= 0.3 is 0 Å². The highest BCUT2D eigenvalue weighted by atomic mass is 16.5. The molecule has 1 aromatic carbocycles. The maximum Gasteiger partial charge on any atom is 0.137 e. The molecule has 26 heavy (non-hydrogen) atoms. The SMILES string of the molecule is CC1(C)CCC(OCc2ccc3ccccc3n2)C(Cn2cncn2)C1. The van der Waals surface area contributed by atoms with Crippen molar-refractivity contribution in [3.05, 3.63) is 54.7 Å². The van der Waals surface area contributed by atoms with Crippen molar-refractivity contribution in [2.45, 2.75) is 52.4 Å². The zero-order chi connectivity index (χ0) is 18.0. The van der Waals surface area contributed by atoms with E-state index in [4.69, 9.17) is 9.72 Å². The molecule has 1 aliphatic rings. The Balaban J connectivity index is 1.45. The van der Waals surface area contributed by atoms with E-state index in [0.717, 1.165) is 30.6 Å². The Morgan fingerprint density at radius 3 is 2.92 bits per heavy atom. The summed E-state index contributed by atoms with van der Waals surface area (Å²) in [5.74, 6) is 0.445. The quantitative estimate of drug-likeness (QED) is 0.691. The summed E-state index contributed by atoms with van der Waals surface area (Å²) in [5.41, 5.74) is 2.37. The molecule has 4 rings (SSSR count). The van der Waals surface area contributed by atoms with Crippen molar-refractivity contribution in [2.24, 2.45) is 11.3 Å². The molecule has 0 N–H and O–H groups in total. The van der Waals surface area contributed by atoms with E-state index in [0.29, 0.717) is 17.9 Å². The molecule has 1 fully saturated rings. The molecule has 0 saturated heterocycles. The molecule has 5 nitrogen and oxygen atoms in total. The lowest BCUT2D eigenvalue weighted by Gasteiger charge is -2.40. The molecule has 0 radical (unpaired) electrons. The molecule has 2 heterocycles. The molecule has 5 heteroatoms. The molecule has 3 aromatic rings. The lowest BCUT2D eigenvalue weighted by molar-refractivity contribution is -0.0536. The molecular weight excluding hydrogens is 324 g/mol. The van der Waals surface area contributed by atoms with Gasteiger partial charge in [0.25, 0.3) is 0 Å². The third-order valence-electron chi connectivity index (χ3n) is 5.44. The van der Waals surface area contributed by atoms with E-state index in [2.05, 4.69) is 48.2 Å². The molecule has 1 saturated carbocycles. The predicted octanol–water partition coefficient (Wildman–Crippen LogP) is 4.24. The van der Waals surface area contributed by atoms with E-state index in [1.54, 1.807) is 12.7 Å². The molecule has 0 bridgehead atoms. The molecule has 136 valence electrons. The van der Waals surface area contributed by atoms with Gasteiger partial charge in [-0.3, -0.25) is 9.67 Å². The molecule has 1 aliphatic carbocycles. The van der Waals surface area contributed by atoms with Gasteiger partial charge in [-0.2, -0.15) is 5.10 Å². The number of rotatable bonds is 5. The van der Waals surface area contributed by atoms with Crippen LogP contribution in [0.1, 0.15) is 38.8 Å². The van der Waals surface area contributed by atoms with Gasteiger partial charge in [-0.25, -0.2) is 4.98 Å². The number of hydrogen-bond acceptors (Lipinski definition) is 4. The predicted molar refractivity (Wildman–Crippen MR) is 101 cm³/mol. The first-order chi connectivity index (χ1) is 12.6. The van der Waals surface area contributed by atoms with Gasteiger partial charge in [-0.1, -0.05) is 38.1 Å². The second-order valence-electron chi connectivity index (χ2n) is 8.13. The van der Waals surface area contributed by atoms with Gasteiger partial charge in [-0.15, -0.1) is 0 Å². The molecule has 0 spiro atoms. The van der Waals surface area contributed by atoms with Crippen molar-refractivity contribution in [1.82, 2.24) is 19.7 Å². The summed E-state index contributed by atoms with van der Waals surface area (Å²) in [6, 6.07) is 12.4. The van der Waals surface area contributed by atoms with Crippen molar-refractivity contribution in [1.29, 1.82) is 0 Å². The third-order valence-corrected chi connectivity index (χ3v) is 5.44. The fourth-order valence-corrected chi connectivity index (χ4v) is 4.06. The minimum Gasteiger partial charge on any atom is -0.372 e. The number of ether oxygens (including phenoxy) is 1. The van der Waals surface area contributed by atoms with Crippen molar-refractivity contribution >= 4 is 10.9 Å². The highest BCUT2D eigenvalue weighted by Gasteiger charge is 2.35. The van der Waals surface area contributed by atoms with Gasteiger partial charge in [0.15, 0.2) is 0 Å². The van der Waals surface area contributed by atoms with E-state index in [-0.39, 0.29) is 6.10 Å². The molecule has 2 aromatic heterocycles. The number of aromatic nitrogens is 4. The Morgan fingerprint density at radius 1 is 1.19 bits per heavy atom. The Hall–Kier alpha value is -2.27. The zero-order valence-corrected chi connectivity index (χ0v) is 15.5. The average molecular weight is 350 g/mol. The van der Waals surface area contributed by atoms with Crippen LogP contribution in [0.25, 0.3) is 10.9 Å². The van der Waals surface area contributed by atoms with Crippen LogP contribution in [-0.2, 0) is 17.9 Å². The first-order valence-electron chi connectivity index (χ1n) is 9.38. The molecule has 0 aliphatic heterocycles. The zero-order valence-electron chi connectivity index (χ0n) is 15.5. The van der Waals surface area contributed by atoms with Crippen LogP contribution in [0, 0.1) is 11.3 Å². The van der Waals surface area contributed by atoms with Gasteiger partial charge in [0.1, 0.15) is 12.7 Å². The van der Waals surface area contributed by atoms with Crippen LogP contribution in [0.15, 0.2) is 49.1 Å². The second kappa shape index (κ2) is 7.16. The lowest BCUT2D eigenvalue weighted by atomic mass is 9.71. The Kier molecular flexibility index (Phi) is 4.72. The standard InChI is InChI=1S/C21H26N4O/c1-21(2)10-9-20(17(11-21)12-25-15-22-14-23-25)26-13-18-8-7-16-5-3-4-6-19(16)24-18/h3-8,14-15,17,20H,9-13H2,1-2H3. The average Bonchev–Trinajstić information content (AvgIpc) is 3.13. The van der Waals surface area contributed by atoms with E-state index in [1.807, 2.05) is 16.8 Å². The summed E-state index contributed by atoms with van der Waals surface area (Å²) in [4.78, 5) is 8.81. The van der Waals surface area contributed by atoms with E-state index in [9.17, 15) is 0 Å². The van der Waals surface area contributed by atoms with Crippen molar-refractivity contribution in [3.8, 4) is 0 Å². The smallest absolute Gasteiger partial charge is 0.137 e. The molecule has 2 unspecified atom stereocenters. The maximum absolute atomic E-state index is 6.35. The van der Waals surface area contributed by atoms with Crippen LogP contribution in [0.2, 0.25) is 0 Å². The first kappa shape index (κ1) is 17.2. The Bertz CT molecular complexity index is 859. The van der Waals surface area contributed by atoms with Crippen LogP contribution in [0.5, 0.6) is 0 Å². The Morgan fingerprint density at radius 2 is 2.08 bits per heavy atom. The van der Waals surface area contributed by atoms with Crippen LogP contribution < -0.4 is 0 Å². The molecule has 0 amide bonds. The minimum absolute atomic E-state index is 0.237. The van der Waals surface area contributed by atoms with Gasteiger partial charge < -0.3 is 4.74 Å². The van der Waals surface area contributed by atoms with Gasteiger partial charge in [0, 0.05) is 17.8 Å². The second-order valence-corrected chi connectivity index (χ2v) is 8.13. The van der Waals surface area contributed by atoms with E-state index in [1.165, 1.54) is 11.8 Å². The number of nitrogens with zero attached hydrogens (tertiary/aromatic N) is 4. The van der Waals surface area contributed by atoms with Gasteiger partial charge in [0.2, 0.25) is 0 Å². The Labute approximate surface area is 154 Å². The molecule has 2 atom stereocenters. The topological polar surface area (TPSA) is 52.8 Å². The van der Waals surface area contributed by atoms with Crippen LogP contribution >= 0.6 is 0 Å². The fourth-order valence-electron chi connectivity index (χ4n) is 4.06. The summed E-state index contributed by atoms with van der Waals surface area (Å²) < 4.78 is 8.28. The van der Waals surface area contributed by atoms with Gasteiger partial charge in [0.05, 0.1) is 23.9 Å². The highest BCUT2D eigenvalue weighted by Crippen LogP contribution is 2.40. The summed E-state index contributed by atoms with van der Waals surface area (Å²) >= 11 is 0. The largest absolute Gasteiger partial charge is 0.372 e. The first-order valence-corrected chi connectivity index (χ1v) is 9.38. The minimum atomic E-state index is 0.237. The van der Waals surface area contributed by atoms with Crippen LogP contribution in [-0.4, -0.2) is 25.9 Å². The maximum atomic E-state index is 6.35. The summed E-state index contributed by atoms with van der Waals surface area (Å²) in [6.45, 7) is 6.12. The van der Waals surface area contributed by atoms with Gasteiger partial charge in [-0.05, 0) is 36.8 Å². The van der Waals surface area contributed by atoms with Crippen LogP contribution in [0.4, 0.5) is 0 Å². The monoisotopic (exact) mass is 350 g/mol. The number of pyridine rings is 1. The fraction of sp³-hybridized carbons (Fsp3) is 0.476. The normalized spacial score (nSPS) is 22.5. The number of hydrogen-bond donors (Lipinski definition) is 0.